The van der Waals surface area contributed by atoms with Gasteiger partial charge in [0.2, 0.25) is 5.88 Å². The third-order valence-corrected chi connectivity index (χ3v) is 2.51. The number of benzene rings is 1. The van der Waals surface area contributed by atoms with Crippen LogP contribution in [0, 0.1) is 10.1 Å². The van der Waals surface area contributed by atoms with Crippen molar-refractivity contribution in [2.45, 2.75) is 6.36 Å². The zero-order chi connectivity index (χ0) is 17.0. The highest BCUT2D eigenvalue weighted by molar-refractivity contribution is 5.51. The number of hydrogen-bond acceptors (Lipinski definition) is 6. The first-order chi connectivity index (χ1) is 10.8. The zero-order valence-corrected chi connectivity index (χ0v) is 11.5. The molecule has 10 heteroatoms. The lowest BCUT2D eigenvalue weighted by Crippen LogP contribution is -2.17. The smallest absolute Gasteiger partial charge is 0.490 e. The molecular weight excluding hydrogens is 321 g/mol. The van der Waals surface area contributed by atoms with Crippen LogP contribution in [-0.4, -0.2) is 23.4 Å². The average Bonchev–Trinajstić information content (AvgIpc) is 2.47. The summed E-state index contributed by atoms with van der Waals surface area (Å²) in [5.41, 5.74) is -0.318. The van der Waals surface area contributed by atoms with Crippen molar-refractivity contribution in [3.63, 3.8) is 0 Å². The van der Waals surface area contributed by atoms with Crippen LogP contribution in [0.3, 0.4) is 0 Å². The fraction of sp³-hybridized carbons (Fsp3) is 0.154. The molecule has 2 aromatic rings. The first-order valence-electron chi connectivity index (χ1n) is 6.00. The van der Waals surface area contributed by atoms with Gasteiger partial charge in [0.05, 0.1) is 24.3 Å². The molecule has 0 spiro atoms. The van der Waals surface area contributed by atoms with Gasteiger partial charge in [-0.2, -0.15) is 0 Å². The van der Waals surface area contributed by atoms with Crippen molar-refractivity contribution >= 4 is 5.69 Å². The van der Waals surface area contributed by atoms with Crippen LogP contribution < -0.4 is 14.2 Å². The van der Waals surface area contributed by atoms with Crippen molar-refractivity contribution in [3.8, 4) is 23.1 Å². The van der Waals surface area contributed by atoms with E-state index in [1.54, 1.807) is 0 Å². The Bertz CT molecular complexity index is 704. The lowest BCUT2D eigenvalue weighted by molar-refractivity contribution is -0.385. The Morgan fingerprint density at radius 2 is 1.87 bits per heavy atom. The number of nitro benzene ring substituents is 1. The monoisotopic (exact) mass is 330 g/mol. The second-order valence-corrected chi connectivity index (χ2v) is 4.07. The Morgan fingerprint density at radius 3 is 2.39 bits per heavy atom. The molecule has 23 heavy (non-hydrogen) atoms. The molecule has 0 bridgehead atoms. The maximum Gasteiger partial charge on any atom is 0.573 e. The minimum Gasteiger partial charge on any atom is -0.490 e. The van der Waals surface area contributed by atoms with Crippen LogP contribution in [0.1, 0.15) is 0 Å². The minimum absolute atomic E-state index is 0.0456. The summed E-state index contributed by atoms with van der Waals surface area (Å²) in [5.74, 6) is -0.441. The Hall–Kier alpha value is -3.04. The molecule has 0 N–H and O–H groups in total. The third kappa shape index (κ3) is 4.46. The highest BCUT2D eigenvalue weighted by atomic mass is 19.4. The lowest BCUT2D eigenvalue weighted by atomic mass is 10.3. The number of ether oxygens (including phenoxy) is 3. The van der Waals surface area contributed by atoms with Crippen LogP contribution >= 0.6 is 0 Å². The van der Waals surface area contributed by atoms with Gasteiger partial charge >= 0.3 is 12.0 Å². The summed E-state index contributed by atoms with van der Waals surface area (Å²) in [5, 5.41) is 10.9. The molecule has 1 aromatic heterocycles. The number of rotatable bonds is 5. The fourth-order valence-electron chi connectivity index (χ4n) is 1.62. The van der Waals surface area contributed by atoms with Crippen LogP contribution in [0.15, 0.2) is 36.5 Å². The third-order valence-electron chi connectivity index (χ3n) is 2.51. The Labute approximate surface area is 127 Å². The van der Waals surface area contributed by atoms with E-state index in [1.165, 1.54) is 19.2 Å². The number of pyridine rings is 1. The van der Waals surface area contributed by atoms with E-state index >= 15 is 0 Å². The number of hydrogen-bond donors (Lipinski definition) is 0. The van der Waals surface area contributed by atoms with Crippen molar-refractivity contribution in [2.75, 3.05) is 7.11 Å². The van der Waals surface area contributed by atoms with Gasteiger partial charge in [-0.15, -0.1) is 13.2 Å². The Balaban J connectivity index is 2.16. The minimum atomic E-state index is -4.82. The first kappa shape index (κ1) is 16.3. The van der Waals surface area contributed by atoms with Crippen LogP contribution in [0.4, 0.5) is 18.9 Å². The predicted molar refractivity (Wildman–Crippen MR) is 70.6 cm³/mol. The Kier molecular flexibility index (Phi) is 4.53. The van der Waals surface area contributed by atoms with E-state index in [0.29, 0.717) is 0 Å². The predicted octanol–water partition coefficient (Wildman–Crippen LogP) is 3.69. The number of halogens is 3. The standard InChI is InChI=1S/C13H9F3N2O5/c1-21-11-4-2-8(6-10(11)18(19)20)22-12-5-3-9(7-17-12)23-13(14,15)16/h2-7H,1H3. The van der Waals surface area contributed by atoms with E-state index in [9.17, 15) is 23.3 Å². The van der Waals surface area contributed by atoms with Gasteiger partial charge in [-0.25, -0.2) is 4.98 Å². The van der Waals surface area contributed by atoms with Crippen molar-refractivity contribution in [3.05, 3.63) is 46.6 Å². The number of aromatic nitrogens is 1. The molecule has 0 radical (unpaired) electrons. The molecule has 0 aliphatic rings. The summed E-state index contributed by atoms with van der Waals surface area (Å²) in [7, 11) is 1.28. The van der Waals surface area contributed by atoms with Crippen molar-refractivity contribution < 1.29 is 32.3 Å². The summed E-state index contributed by atoms with van der Waals surface area (Å²) in [6.07, 6.45) is -4.00. The highest BCUT2D eigenvalue weighted by Crippen LogP contribution is 2.33. The first-order valence-corrected chi connectivity index (χ1v) is 6.00. The summed E-state index contributed by atoms with van der Waals surface area (Å²) in [6.45, 7) is 0. The number of methoxy groups -OCH3 is 1. The van der Waals surface area contributed by atoms with Crippen LogP contribution in [0.25, 0.3) is 0 Å². The molecule has 1 aromatic carbocycles. The molecule has 2 rings (SSSR count). The van der Waals surface area contributed by atoms with Gasteiger partial charge in [0, 0.05) is 6.07 Å². The molecule has 0 amide bonds. The highest BCUT2D eigenvalue weighted by Gasteiger charge is 2.31. The van der Waals surface area contributed by atoms with Gasteiger partial charge in [0.25, 0.3) is 0 Å². The van der Waals surface area contributed by atoms with E-state index in [2.05, 4.69) is 9.72 Å². The van der Waals surface area contributed by atoms with E-state index < -0.39 is 17.0 Å². The number of alkyl halides is 3. The lowest BCUT2D eigenvalue weighted by Gasteiger charge is -2.09. The second kappa shape index (κ2) is 6.38. The van der Waals surface area contributed by atoms with E-state index in [4.69, 9.17) is 9.47 Å². The SMILES string of the molecule is COc1ccc(Oc2ccc(OC(F)(F)F)cn2)cc1[N+](=O)[O-]. The van der Waals surface area contributed by atoms with Crippen molar-refractivity contribution in [1.82, 2.24) is 4.98 Å². The second-order valence-electron chi connectivity index (χ2n) is 4.07. The fourth-order valence-corrected chi connectivity index (χ4v) is 1.62. The molecule has 0 saturated carbocycles. The number of nitrogens with zero attached hydrogens (tertiary/aromatic N) is 2. The van der Waals surface area contributed by atoms with Gasteiger partial charge < -0.3 is 14.2 Å². The van der Waals surface area contributed by atoms with Gasteiger partial charge in [0.15, 0.2) is 5.75 Å². The molecular formula is C13H9F3N2O5. The largest absolute Gasteiger partial charge is 0.573 e. The molecule has 0 fully saturated rings. The normalized spacial score (nSPS) is 11.0. The molecule has 0 unspecified atom stereocenters. The summed E-state index contributed by atoms with van der Waals surface area (Å²) >= 11 is 0. The molecule has 0 saturated heterocycles. The summed E-state index contributed by atoms with van der Waals surface area (Å²) in [4.78, 5) is 13.9. The maximum absolute atomic E-state index is 12.0. The number of nitro groups is 1. The van der Waals surface area contributed by atoms with E-state index in [1.807, 2.05) is 0 Å². The Morgan fingerprint density at radius 1 is 1.17 bits per heavy atom. The average molecular weight is 330 g/mol. The summed E-state index contributed by atoms with van der Waals surface area (Å²) < 4.78 is 49.8. The molecule has 122 valence electrons. The summed E-state index contributed by atoms with van der Waals surface area (Å²) in [6, 6.07) is 5.98. The zero-order valence-electron chi connectivity index (χ0n) is 11.5. The van der Waals surface area contributed by atoms with Gasteiger partial charge in [0.1, 0.15) is 11.5 Å². The van der Waals surface area contributed by atoms with Crippen LogP contribution in [-0.2, 0) is 0 Å². The molecule has 0 aliphatic heterocycles. The topological polar surface area (TPSA) is 83.7 Å². The van der Waals surface area contributed by atoms with Crippen LogP contribution in [0.5, 0.6) is 23.1 Å². The van der Waals surface area contributed by atoms with Gasteiger partial charge in [-0.1, -0.05) is 0 Å². The molecule has 1 heterocycles. The quantitative estimate of drug-likeness (QED) is 0.614. The van der Waals surface area contributed by atoms with E-state index in [-0.39, 0.29) is 23.1 Å². The maximum atomic E-state index is 12.0. The van der Waals surface area contributed by atoms with Crippen molar-refractivity contribution in [1.29, 1.82) is 0 Å². The molecule has 0 atom stereocenters. The van der Waals surface area contributed by atoms with Crippen LogP contribution in [0.2, 0.25) is 0 Å². The van der Waals surface area contributed by atoms with Gasteiger partial charge in [-0.3, -0.25) is 10.1 Å². The van der Waals surface area contributed by atoms with Crippen molar-refractivity contribution in [2.24, 2.45) is 0 Å². The van der Waals surface area contributed by atoms with E-state index in [0.717, 1.165) is 24.4 Å². The molecule has 7 nitrogen and oxygen atoms in total. The van der Waals surface area contributed by atoms with Gasteiger partial charge in [-0.05, 0) is 18.2 Å². The molecule has 0 aliphatic carbocycles.